The maximum absolute atomic E-state index is 12.4. The van der Waals surface area contributed by atoms with Crippen molar-refractivity contribution in [1.29, 1.82) is 0 Å². The second kappa shape index (κ2) is 7.50. The Morgan fingerprint density at radius 1 is 1.15 bits per heavy atom. The molecule has 8 heteroatoms. The smallest absolute Gasteiger partial charge is 0.238 e. The highest BCUT2D eigenvalue weighted by Crippen LogP contribution is 2.25. The van der Waals surface area contributed by atoms with Crippen molar-refractivity contribution in [3.05, 3.63) is 59.7 Å². The van der Waals surface area contributed by atoms with Crippen molar-refractivity contribution in [2.24, 2.45) is 11.1 Å². The van der Waals surface area contributed by atoms with Crippen molar-refractivity contribution in [2.75, 3.05) is 11.4 Å². The van der Waals surface area contributed by atoms with Gasteiger partial charge in [-0.25, -0.2) is 13.6 Å². The van der Waals surface area contributed by atoms with Crippen LogP contribution in [0.2, 0.25) is 0 Å². The second-order valence-electron chi connectivity index (χ2n) is 6.65. The molecule has 1 saturated heterocycles. The number of nitrogens with zero attached hydrogens (tertiary/aromatic N) is 1. The Bertz CT molecular complexity index is 953. The van der Waals surface area contributed by atoms with Crippen LogP contribution in [0.1, 0.15) is 17.5 Å². The highest BCUT2D eigenvalue weighted by molar-refractivity contribution is 7.89. The molecule has 1 aliphatic rings. The van der Waals surface area contributed by atoms with Gasteiger partial charge in [0.25, 0.3) is 0 Å². The molecule has 2 aromatic carbocycles. The lowest BCUT2D eigenvalue weighted by molar-refractivity contribution is -0.126. The van der Waals surface area contributed by atoms with Crippen LogP contribution in [0, 0.1) is 12.8 Å². The van der Waals surface area contributed by atoms with E-state index in [0.29, 0.717) is 6.54 Å². The fourth-order valence-electron chi connectivity index (χ4n) is 2.99. The van der Waals surface area contributed by atoms with Gasteiger partial charge < -0.3 is 10.2 Å². The van der Waals surface area contributed by atoms with E-state index in [0.717, 1.165) is 16.8 Å². The van der Waals surface area contributed by atoms with E-state index < -0.39 is 15.9 Å². The number of carbonyl (C=O) groups is 2. The minimum absolute atomic E-state index is 0.0210. The van der Waals surface area contributed by atoms with Crippen LogP contribution in [0.5, 0.6) is 0 Å². The van der Waals surface area contributed by atoms with E-state index in [1.807, 2.05) is 31.2 Å². The number of aryl methyl sites for hydroxylation is 1. The SMILES string of the molecule is Cc1ccc(N2C[C@H](C(=O)NCc3ccc(S(N)(=O)=O)cc3)CC2=O)cc1. The molecule has 0 spiro atoms. The second-order valence-corrected chi connectivity index (χ2v) is 8.21. The van der Waals surface area contributed by atoms with Crippen molar-refractivity contribution < 1.29 is 18.0 Å². The number of carbonyl (C=O) groups excluding carboxylic acids is 2. The van der Waals surface area contributed by atoms with Crippen LogP contribution in [-0.4, -0.2) is 26.8 Å². The van der Waals surface area contributed by atoms with Crippen LogP contribution in [0.15, 0.2) is 53.4 Å². The number of hydrogen-bond donors (Lipinski definition) is 2. The molecule has 1 heterocycles. The summed E-state index contributed by atoms with van der Waals surface area (Å²) in [5.74, 6) is -0.688. The Balaban J connectivity index is 1.59. The van der Waals surface area contributed by atoms with Gasteiger partial charge in [0.15, 0.2) is 0 Å². The summed E-state index contributed by atoms with van der Waals surface area (Å²) < 4.78 is 22.5. The average Bonchev–Trinajstić information content (AvgIpc) is 3.02. The summed E-state index contributed by atoms with van der Waals surface area (Å²) in [6, 6.07) is 13.6. The molecule has 3 N–H and O–H groups in total. The summed E-state index contributed by atoms with van der Waals surface area (Å²) >= 11 is 0. The molecule has 0 aromatic heterocycles. The molecule has 2 aromatic rings. The Kier molecular flexibility index (Phi) is 5.29. The molecule has 1 atom stereocenters. The normalized spacial score (nSPS) is 17.2. The maximum Gasteiger partial charge on any atom is 0.238 e. The molecule has 0 radical (unpaired) electrons. The maximum atomic E-state index is 12.4. The average molecular weight is 387 g/mol. The first-order valence-corrected chi connectivity index (χ1v) is 10.0. The van der Waals surface area contributed by atoms with Crippen molar-refractivity contribution >= 4 is 27.5 Å². The summed E-state index contributed by atoms with van der Waals surface area (Å²) in [5.41, 5.74) is 2.64. The quantitative estimate of drug-likeness (QED) is 0.806. The lowest BCUT2D eigenvalue weighted by Crippen LogP contribution is -2.32. The number of sulfonamides is 1. The van der Waals surface area contributed by atoms with Gasteiger partial charge in [0.2, 0.25) is 21.8 Å². The third-order valence-corrected chi connectivity index (χ3v) is 5.49. The number of nitrogens with one attached hydrogen (secondary N) is 1. The standard InChI is InChI=1S/C19H21N3O4S/c1-13-2-6-16(7-3-13)22-12-15(10-18(22)23)19(24)21-11-14-4-8-17(9-5-14)27(20,25)26/h2-9,15H,10-12H2,1H3,(H,21,24)(H2,20,25,26)/t15-/m1/s1. The van der Waals surface area contributed by atoms with Crippen LogP contribution in [0.4, 0.5) is 5.69 Å². The van der Waals surface area contributed by atoms with Crippen LogP contribution >= 0.6 is 0 Å². The van der Waals surface area contributed by atoms with E-state index in [4.69, 9.17) is 5.14 Å². The molecule has 0 bridgehead atoms. The summed E-state index contributed by atoms with van der Waals surface area (Å²) in [6.45, 7) is 2.57. The molecule has 7 nitrogen and oxygen atoms in total. The summed E-state index contributed by atoms with van der Waals surface area (Å²) in [7, 11) is -3.74. The van der Waals surface area contributed by atoms with E-state index in [2.05, 4.69) is 5.32 Å². The first-order chi connectivity index (χ1) is 12.7. The molecule has 0 aliphatic carbocycles. The number of rotatable bonds is 5. The van der Waals surface area contributed by atoms with Crippen LogP contribution in [0.3, 0.4) is 0 Å². The number of nitrogens with two attached hydrogens (primary N) is 1. The highest BCUT2D eigenvalue weighted by Gasteiger charge is 2.34. The molecule has 3 rings (SSSR count). The molecule has 2 amide bonds. The zero-order chi connectivity index (χ0) is 19.6. The number of hydrogen-bond acceptors (Lipinski definition) is 4. The molecule has 1 fully saturated rings. The molecule has 142 valence electrons. The fraction of sp³-hybridized carbons (Fsp3) is 0.263. The Morgan fingerprint density at radius 3 is 2.37 bits per heavy atom. The molecule has 0 unspecified atom stereocenters. The summed E-state index contributed by atoms with van der Waals surface area (Å²) in [4.78, 5) is 26.3. The van der Waals surface area contributed by atoms with Crippen molar-refractivity contribution in [3.8, 4) is 0 Å². The van der Waals surface area contributed by atoms with Crippen molar-refractivity contribution in [3.63, 3.8) is 0 Å². The van der Waals surface area contributed by atoms with Crippen LogP contribution in [-0.2, 0) is 26.2 Å². The zero-order valence-corrected chi connectivity index (χ0v) is 15.7. The highest BCUT2D eigenvalue weighted by atomic mass is 32.2. The van der Waals surface area contributed by atoms with E-state index in [1.165, 1.54) is 12.1 Å². The number of primary sulfonamides is 1. The van der Waals surface area contributed by atoms with Gasteiger partial charge in [-0.15, -0.1) is 0 Å². The zero-order valence-electron chi connectivity index (χ0n) is 14.9. The van der Waals surface area contributed by atoms with Crippen LogP contribution in [0.25, 0.3) is 0 Å². The first-order valence-electron chi connectivity index (χ1n) is 8.50. The monoisotopic (exact) mass is 387 g/mol. The van der Waals surface area contributed by atoms with Gasteiger partial charge >= 0.3 is 0 Å². The third kappa shape index (κ3) is 4.53. The van der Waals surface area contributed by atoms with Gasteiger partial charge in [0.05, 0.1) is 10.8 Å². The molecule has 27 heavy (non-hydrogen) atoms. The van der Waals surface area contributed by atoms with Crippen molar-refractivity contribution in [2.45, 2.75) is 24.8 Å². The number of anilines is 1. The van der Waals surface area contributed by atoms with E-state index in [9.17, 15) is 18.0 Å². The van der Waals surface area contributed by atoms with Crippen LogP contribution < -0.4 is 15.4 Å². The molecule has 1 aliphatic heterocycles. The molecule has 0 saturated carbocycles. The van der Waals surface area contributed by atoms with E-state index in [1.54, 1.807) is 17.0 Å². The Hall–Kier alpha value is -2.71. The number of benzene rings is 2. The van der Waals surface area contributed by atoms with Gasteiger partial charge in [-0.05, 0) is 36.8 Å². The largest absolute Gasteiger partial charge is 0.352 e. The van der Waals surface area contributed by atoms with E-state index >= 15 is 0 Å². The molecular formula is C19H21N3O4S. The minimum atomic E-state index is -3.74. The Labute approximate surface area is 158 Å². The lowest BCUT2D eigenvalue weighted by Gasteiger charge is -2.17. The minimum Gasteiger partial charge on any atom is -0.352 e. The van der Waals surface area contributed by atoms with Gasteiger partial charge in [0.1, 0.15) is 0 Å². The lowest BCUT2D eigenvalue weighted by atomic mass is 10.1. The number of amides is 2. The van der Waals surface area contributed by atoms with Crippen molar-refractivity contribution in [1.82, 2.24) is 5.32 Å². The third-order valence-electron chi connectivity index (χ3n) is 4.56. The van der Waals surface area contributed by atoms with Gasteiger partial charge in [-0.3, -0.25) is 9.59 Å². The topological polar surface area (TPSA) is 110 Å². The predicted octanol–water partition coefficient (Wildman–Crippen LogP) is 1.31. The summed E-state index contributed by atoms with van der Waals surface area (Å²) in [6.07, 6.45) is 0.171. The molecular weight excluding hydrogens is 366 g/mol. The van der Waals surface area contributed by atoms with E-state index in [-0.39, 0.29) is 29.7 Å². The fourth-order valence-corrected chi connectivity index (χ4v) is 3.50. The first kappa shape index (κ1) is 19.1. The van der Waals surface area contributed by atoms with Gasteiger partial charge in [-0.1, -0.05) is 29.8 Å². The predicted molar refractivity (Wildman–Crippen MR) is 101 cm³/mol. The van der Waals surface area contributed by atoms with Gasteiger partial charge in [-0.2, -0.15) is 0 Å². The van der Waals surface area contributed by atoms with Gasteiger partial charge in [0, 0.05) is 25.2 Å². The Morgan fingerprint density at radius 2 is 1.78 bits per heavy atom. The summed E-state index contributed by atoms with van der Waals surface area (Å²) in [5, 5.41) is 7.86.